The molecule has 0 radical (unpaired) electrons. The number of hydrazine groups is 1. The fraction of sp³-hybridized carbons (Fsp3) is 0.480. The number of carbonyl (C=O) groups excluding carboxylic acids is 2. The molecule has 2 aromatic rings. The second kappa shape index (κ2) is 9.19. The molecule has 33 heavy (non-hydrogen) atoms. The molecule has 1 unspecified atom stereocenters. The first-order valence-electron chi connectivity index (χ1n) is 11.8. The Morgan fingerprint density at radius 3 is 2.85 bits per heavy atom. The van der Waals surface area contributed by atoms with Crippen molar-refractivity contribution in [3.63, 3.8) is 0 Å². The van der Waals surface area contributed by atoms with E-state index in [2.05, 4.69) is 10.3 Å². The van der Waals surface area contributed by atoms with E-state index in [0.29, 0.717) is 36.3 Å². The summed E-state index contributed by atoms with van der Waals surface area (Å²) in [6.07, 6.45) is 5.63. The highest BCUT2D eigenvalue weighted by atomic mass is 19.1. The monoisotopic (exact) mass is 451 g/mol. The van der Waals surface area contributed by atoms with Crippen LogP contribution in [0.25, 0.3) is 11.3 Å². The lowest BCUT2D eigenvalue weighted by Crippen LogP contribution is -2.49. The number of amides is 2. The van der Waals surface area contributed by atoms with E-state index < -0.39 is 0 Å². The first-order chi connectivity index (χ1) is 16.0. The van der Waals surface area contributed by atoms with Crippen LogP contribution in [0.4, 0.5) is 4.39 Å². The summed E-state index contributed by atoms with van der Waals surface area (Å²) in [6, 6.07) is 7.38. The first-order valence-corrected chi connectivity index (χ1v) is 11.8. The molecule has 0 aliphatic carbocycles. The van der Waals surface area contributed by atoms with Crippen molar-refractivity contribution in [1.82, 2.24) is 25.2 Å². The van der Waals surface area contributed by atoms with Crippen molar-refractivity contribution >= 4 is 11.8 Å². The average molecular weight is 452 g/mol. The molecule has 4 heterocycles. The Bertz CT molecular complexity index is 1070. The number of hydrogen-bond acceptors (Lipinski definition) is 5. The standard InChI is InChI=1S/C25H30FN5O2/c1-17(32)31-12-3-2-11-29(31)15-19-8-10-28-24(23(19)26)18-6-7-22-20(13-18)16-30(25(22)33)21-5-4-9-27-14-21/h6-8,10,13,21,27H,2-5,9,11-12,14-16H2,1H3. The molecule has 3 aliphatic heterocycles. The van der Waals surface area contributed by atoms with E-state index in [-0.39, 0.29) is 29.4 Å². The summed E-state index contributed by atoms with van der Waals surface area (Å²) in [5.74, 6) is -0.337. The maximum atomic E-state index is 15.6. The Labute approximate surface area is 193 Å². The normalized spacial score (nSPS) is 21.4. The van der Waals surface area contributed by atoms with Crippen molar-refractivity contribution < 1.29 is 14.0 Å². The summed E-state index contributed by atoms with van der Waals surface area (Å²) in [7, 11) is 0. The molecule has 2 saturated heterocycles. The van der Waals surface area contributed by atoms with E-state index >= 15 is 4.39 Å². The van der Waals surface area contributed by atoms with Crippen molar-refractivity contribution in [2.24, 2.45) is 0 Å². The topological polar surface area (TPSA) is 68.8 Å². The predicted octanol–water partition coefficient (Wildman–Crippen LogP) is 2.95. The Morgan fingerprint density at radius 1 is 1.21 bits per heavy atom. The molecule has 1 N–H and O–H groups in total. The van der Waals surface area contributed by atoms with Crippen molar-refractivity contribution in [3.8, 4) is 11.3 Å². The maximum Gasteiger partial charge on any atom is 0.254 e. The zero-order chi connectivity index (χ0) is 22.9. The summed E-state index contributed by atoms with van der Waals surface area (Å²) in [5.41, 5.74) is 3.10. The fourth-order valence-electron chi connectivity index (χ4n) is 5.23. The van der Waals surface area contributed by atoms with Crippen LogP contribution in [0.1, 0.15) is 54.1 Å². The van der Waals surface area contributed by atoms with Crippen molar-refractivity contribution in [2.45, 2.75) is 51.7 Å². The molecule has 174 valence electrons. The van der Waals surface area contributed by atoms with Crippen LogP contribution < -0.4 is 5.32 Å². The van der Waals surface area contributed by atoms with Crippen LogP contribution in [0.15, 0.2) is 30.5 Å². The molecule has 1 aromatic heterocycles. The maximum absolute atomic E-state index is 15.6. The zero-order valence-electron chi connectivity index (χ0n) is 19.0. The molecular weight excluding hydrogens is 421 g/mol. The van der Waals surface area contributed by atoms with E-state index in [1.165, 1.54) is 0 Å². The van der Waals surface area contributed by atoms with Crippen LogP contribution in [0.3, 0.4) is 0 Å². The summed E-state index contributed by atoms with van der Waals surface area (Å²) in [6.45, 7) is 5.64. The minimum atomic E-state index is -0.371. The third-order valence-corrected chi connectivity index (χ3v) is 6.99. The van der Waals surface area contributed by atoms with E-state index in [4.69, 9.17) is 0 Å². The van der Waals surface area contributed by atoms with Crippen LogP contribution in [0, 0.1) is 5.82 Å². The van der Waals surface area contributed by atoms with Gasteiger partial charge in [0.1, 0.15) is 5.69 Å². The van der Waals surface area contributed by atoms with Gasteiger partial charge in [0, 0.05) is 68.6 Å². The Balaban J connectivity index is 1.39. The van der Waals surface area contributed by atoms with Crippen molar-refractivity contribution in [2.75, 3.05) is 26.2 Å². The van der Waals surface area contributed by atoms with Gasteiger partial charge in [-0.2, -0.15) is 0 Å². The molecule has 8 heteroatoms. The second-order valence-corrected chi connectivity index (χ2v) is 9.18. The minimum Gasteiger partial charge on any atom is -0.330 e. The molecule has 1 atom stereocenters. The van der Waals surface area contributed by atoms with Crippen LogP contribution >= 0.6 is 0 Å². The van der Waals surface area contributed by atoms with Crippen LogP contribution in [0.2, 0.25) is 0 Å². The van der Waals surface area contributed by atoms with Gasteiger partial charge >= 0.3 is 0 Å². The molecule has 2 fully saturated rings. The van der Waals surface area contributed by atoms with Crippen molar-refractivity contribution in [1.29, 1.82) is 0 Å². The van der Waals surface area contributed by atoms with Gasteiger partial charge in [-0.25, -0.2) is 9.40 Å². The number of hydrogen-bond donors (Lipinski definition) is 1. The summed E-state index contributed by atoms with van der Waals surface area (Å²) in [4.78, 5) is 31.2. The van der Waals surface area contributed by atoms with E-state index in [1.54, 1.807) is 36.3 Å². The largest absolute Gasteiger partial charge is 0.330 e. The lowest BCUT2D eigenvalue weighted by molar-refractivity contribution is -0.152. The molecule has 0 bridgehead atoms. The minimum absolute atomic E-state index is 0.0228. The van der Waals surface area contributed by atoms with Crippen molar-refractivity contribution in [3.05, 3.63) is 53.0 Å². The highest BCUT2D eigenvalue weighted by molar-refractivity contribution is 5.99. The van der Waals surface area contributed by atoms with E-state index in [0.717, 1.165) is 50.9 Å². The molecule has 2 amide bonds. The Kier molecular flexibility index (Phi) is 6.12. The van der Waals surface area contributed by atoms with Gasteiger partial charge in [-0.1, -0.05) is 6.07 Å². The van der Waals surface area contributed by atoms with Crippen LogP contribution in [-0.2, 0) is 17.9 Å². The number of halogens is 1. The van der Waals surface area contributed by atoms with E-state index in [9.17, 15) is 9.59 Å². The second-order valence-electron chi connectivity index (χ2n) is 9.18. The van der Waals surface area contributed by atoms with Gasteiger partial charge in [-0.3, -0.25) is 19.6 Å². The van der Waals surface area contributed by atoms with E-state index in [1.807, 2.05) is 16.0 Å². The lowest BCUT2D eigenvalue weighted by atomic mass is 10.0. The fourth-order valence-corrected chi connectivity index (χ4v) is 5.23. The molecule has 1 aromatic carbocycles. The zero-order valence-corrected chi connectivity index (χ0v) is 19.0. The third-order valence-electron chi connectivity index (χ3n) is 6.99. The Morgan fingerprint density at radius 2 is 2.06 bits per heavy atom. The number of piperidine rings is 1. The Hall–Kier alpha value is -2.84. The highest BCUT2D eigenvalue weighted by Gasteiger charge is 2.33. The molecule has 0 saturated carbocycles. The summed E-state index contributed by atoms with van der Waals surface area (Å²) < 4.78 is 15.6. The number of fused-ring (bicyclic) bond motifs is 1. The van der Waals surface area contributed by atoms with Crippen LogP contribution in [0.5, 0.6) is 0 Å². The third kappa shape index (κ3) is 4.25. The van der Waals surface area contributed by atoms with Crippen LogP contribution in [-0.4, -0.2) is 63.9 Å². The van der Waals surface area contributed by atoms with Gasteiger partial charge in [0.05, 0.1) is 0 Å². The van der Waals surface area contributed by atoms with Gasteiger partial charge in [0.2, 0.25) is 5.91 Å². The highest BCUT2D eigenvalue weighted by Crippen LogP contribution is 2.32. The number of nitrogens with one attached hydrogen (secondary N) is 1. The SMILES string of the molecule is CC(=O)N1CCCCN1Cc1ccnc(-c2ccc3c(c2)CN(C2CCCNC2)C3=O)c1F. The number of rotatable bonds is 4. The molecule has 3 aliphatic rings. The number of carbonyl (C=O) groups is 2. The van der Waals surface area contributed by atoms with Gasteiger partial charge in [0.25, 0.3) is 5.91 Å². The number of benzene rings is 1. The quantitative estimate of drug-likeness (QED) is 0.774. The predicted molar refractivity (Wildman–Crippen MR) is 122 cm³/mol. The summed E-state index contributed by atoms with van der Waals surface area (Å²) >= 11 is 0. The van der Waals surface area contributed by atoms with Gasteiger partial charge < -0.3 is 10.2 Å². The molecule has 7 nitrogen and oxygen atoms in total. The molecule has 0 spiro atoms. The first kappa shape index (κ1) is 22.0. The van der Waals surface area contributed by atoms with Gasteiger partial charge in [0.15, 0.2) is 5.82 Å². The average Bonchev–Trinajstić information content (AvgIpc) is 3.17. The molecule has 5 rings (SSSR count). The smallest absolute Gasteiger partial charge is 0.254 e. The summed E-state index contributed by atoms with van der Waals surface area (Å²) in [5, 5.41) is 7.00. The van der Waals surface area contributed by atoms with Gasteiger partial charge in [-0.15, -0.1) is 0 Å². The van der Waals surface area contributed by atoms with Gasteiger partial charge in [-0.05, 0) is 56.0 Å². The number of nitrogens with zero attached hydrogens (tertiary/aromatic N) is 4. The lowest BCUT2D eigenvalue weighted by Gasteiger charge is -2.38. The number of aromatic nitrogens is 1. The molecular formula is C25H30FN5O2. The number of pyridine rings is 1.